The highest BCUT2D eigenvalue weighted by atomic mass is 79.9. The number of hydrogen-bond donors (Lipinski definition) is 1. The highest BCUT2D eigenvalue weighted by Gasteiger charge is 2.07. The van der Waals surface area contributed by atoms with Crippen molar-refractivity contribution in [1.29, 1.82) is 0 Å². The molecule has 0 atom stereocenters. The highest BCUT2D eigenvalue weighted by Crippen LogP contribution is 2.24. The van der Waals surface area contributed by atoms with E-state index in [9.17, 15) is 8.78 Å². The van der Waals surface area contributed by atoms with Gasteiger partial charge < -0.3 is 5.32 Å². The van der Waals surface area contributed by atoms with Crippen LogP contribution in [0, 0.1) is 11.6 Å². The molecule has 0 aliphatic carbocycles. The van der Waals surface area contributed by atoms with E-state index in [-0.39, 0.29) is 10.2 Å². The van der Waals surface area contributed by atoms with Crippen molar-refractivity contribution in [3.05, 3.63) is 58.1 Å². The SMILES string of the molecule is CSc1ccc(CNc2cc(F)c(Br)cc2F)cc1. The van der Waals surface area contributed by atoms with Gasteiger partial charge in [0.15, 0.2) is 0 Å². The first-order valence-corrected chi connectivity index (χ1v) is 7.63. The maximum Gasteiger partial charge on any atom is 0.147 e. The van der Waals surface area contributed by atoms with Gasteiger partial charge in [-0.3, -0.25) is 0 Å². The van der Waals surface area contributed by atoms with E-state index in [4.69, 9.17) is 0 Å². The van der Waals surface area contributed by atoms with E-state index in [0.717, 1.165) is 17.7 Å². The van der Waals surface area contributed by atoms with Gasteiger partial charge in [-0.25, -0.2) is 8.78 Å². The Bertz CT molecular complexity index is 572. The van der Waals surface area contributed by atoms with Crippen molar-refractivity contribution in [2.75, 3.05) is 11.6 Å². The highest BCUT2D eigenvalue weighted by molar-refractivity contribution is 9.10. The molecule has 19 heavy (non-hydrogen) atoms. The average molecular weight is 344 g/mol. The first-order valence-electron chi connectivity index (χ1n) is 5.61. The van der Waals surface area contributed by atoms with Crippen molar-refractivity contribution in [3.63, 3.8) is 0 Å². The third-order valence-corrected chi connectivity index (χ3v) is 4.00. The number of hydrogen-bond acceptors (Lipinski definition) is 2. The zero-order valence-corrected chi connectivity index (χ0v) is 12.6. The molecule has 5 heteroatoms. The Morgan fingerprint density at radius 2 is 1.79 bits per heavy atom. The predicted octanol–water partition coefficient (Wildman–Crippen LogP) is 5.06. The quantitative estimate of drug-likeness (QED) is 0.615. The maximum atomic E-state index is 13.6. The van der Waals surface area contributed by atoms with Gasteiger partial charge in [-0.2, -0.15) is 0 Å². The van der Waals surface area contributed by atoms with Crippen LogP contribution in [0.2, 0.25) is 0 Å². The van der Waals surface area contributed by atoms with E-state index in [1.165, 1.54) is 4.90 Å². The summed E-state index contributed by atoms with van der Waals surface area (Å²) in [5, 5.41) is 2.89. The third kappa shape index (κ3) is 3.70. The number of nitrogens with one attached hydrogen (secondary N) is 1. The normalized spacial score (nSPS) is 10.5. The summed E-state index contributed by atoms with van der Waals surface area (Å²) in [4.78, 5) is 1.17. The molecular formula is C14H12BrF2NS. The standard InChI is InChI=1S/C14H12BrF2NS/c1-19-10-4-2-9(3-5-10)8-18-14-7-12(16)11(15)6-13(14)17/h2-7,18H,8H2,1H3. The van der Waals surface area contributed by atoms with Gasteiger partial charge in [-0.05, 0) is 45.9 Å². The third-order valence-electron chi connectivity index (χ3n) is 2.65. The predicted molar refractivity (Wildman–Crippen MR) is 79.6 cm³/mol. The lowest BCUT2D eigenvalue weighted by molar-refractivity contribution is 0.596. The molecule has 0 spiro atoms. The van der Waals surface area contributed by atoms with Gasteiger partial charge >= 0.3 is 0 Å². The molecule has 0 unspecified atom stereocenters. The minimum absolute atomic E-state index is 0.125. The van der Waals surface area contributed by atoms with Crippen molar-refractivity contribution < 1.29 is 8.78 Å². The van der Waals surface area contributed by atoms with Crippen molar-refractivity contribution in [1.82, 2.24) is 0 Å². The molecule has 0 aliphatic rings. The lowest BCUT2D eigenvalue weighted by atomic mass is 10.2. The van der Waals surface area contributed by atoms with Crippen molar-refractivity contribution in [3.8, 4) is 0 Å². The first-order chi connectivity index (χ1) is 9.10. The van der Waals surface area contributed by atoms with Crippen LogP contribution in [0.4, 0.5) is 14.5 Å². The van der Waals surface area contributed by atoms with E-state index in [1.807, 2.05) is 30.5 Å². The molecule has 0 bridgehead atoms. The summed E-state index contributed by atoms with van der Waals surface area (Å²) in [6, 6.07) is 10.2. The molecule has 2 rings (SSSR count). The molecule has 0 amide bonds. The van der Waals surface area contributed by atoms with Crippen LogP contribution in [-0.2, 0) is 6.54 Å². The summed E-state index contributed by atoms with van der Waals surface area (Å²) < 4.78 is 27.0. The molecule has 0 radical (unpaired) electrons. The Kier molecular flexibility index (Phi) is 4.82. The van der Waals surface area contributed by atoms with Crippen molar-refractivity contribution in [2.45, 2.75) is 11.4 Å². The van der Waals surface area contributed by atoms with Crippen LogP contribution < -0.4 is 5.32 Å². The molecule has 100 valence electrons. The second-order valence-corrected chi connectivity index (χ2v) is 5.68. The van der Waals surface area contributed by atoms with Crippen LogP contribution in [0.25, 0.3) is 0 Å². The molecule has 0 heterocycles. The fourth-order valence-corrected chi connectivity index (χ4v) is 2.32. The van der Waals surface area contributed by atoms with Crippen LogP contribution in [-0.4, -0.2) is 6.26 Å². The zero-order valence-electron chi connectivity index (χ0n) is 10.2. The van der Waals surface area contributed by atoms with E-state index in [1.54, 1.807) is 11.8 Å². The number of halogens is 3. The van der Waals surface area contributed by atoms with Gasteiger partial charge in [-0.1, -0.05) is 12.1 Å². The Hall–Kier alpha value is -1.07. The van der Waals surface area contributed by atoms with Gasteiger partial charge in [0.25, 0.3) is 0 Å². The van der Waals surface area contributed by atoms with Crippen molar-refractivity contribution in [2.24, 2.45) is 0 Å². The van der Waals surface area contributed by atoms with Crippen LogP contribution in [0.5, 0.6) is 0 Å². The summed E-state index contributed by atoms with van der Waals surface area (Å²) in [7, 11) is 0. The molecule has 2 aromatic carbocycles. The summed E-state index contributed by atoms with van der Waals surface area (Å²) in [6.45, 7) is 0.451. The average Bonchev–Trinajstić information content (AvgIpc) is 2.42. The second-order valence-electron chi connectivity index (χ2n) is 3.95. The number of anilines is 1. The van der Waals surface area contributed by atoms with E-state index >= 15 is 0 Å². The fraction of sp³-hybridized carbons (Fsp3) is 0.143. The molecule has 0 fully saturated rings. The summed E-state index contributed by atoms with van der Waals surface area (Å²) >= 11 is 4.61. The van der Waals surface area contributed by atoms with Crippen LogP contribution in [0.15, 0.2) is 45.8 Å². The topological polar surface area (TPSA) is 12.0 Å². The smallest absolute Gasteiger partial charge is 0.147 e. The molecule has 0 saturated heterocycles. The largest absolute Gasteiger partial charge is 0.379 e. The molecule has 2 aromatic rings. The van der Waals surface area contributed by atoms with Crippen LogP contribution in [0.1, 0.15) is 5.56 Å². The monoisotopic (exact) mass is 343 g/mol. The van der Waals surface area contributed by atoms with E-state index in [2.05, 4.69) is 21.2 Å². The van der Waals surface area contributed by atoms with Gasteiger partial charge in [0.05, 0.1) is 10.2 Å². The molecule has 0 saturated carbocycles. The van der Waals surface area contributed by atoms with Gasteiger partial charge in [0.2, 0.25) is 0 Å². The van der Waals surface area contributed by atoms with Gasteiger partial charge in [-0.15, -0.1) is 11.8 Å². The van der Waals surface area contributed by atoms with Gasteiger partial charge in [0.1, 0.15) is 11.6 Å². The first kappa shape index (κ1) is 14.3. The molecule has 1 nitrogen and oxygen atoms in total. The lowest BCUT2D eigenvalue weighted by Gasteiger charge is -2.09. The van der Waals surface area contributed by atoms with Crippen LogP contribution in [0.3, 0.4) is 0 Å². The van der Waals surface area contributed by atoms with E-state index < -0.39 is 11.6 Å². The summed E-state index contributed by atoms with van der Waals surface area (Å²) in [6.07, 6.45) is 2.01. The maximum absolute atomic E-state index is 13.6. The van der Waals surface area contributed by atoms with Gasteiger partial charge in [0, 0.05) is 17.5 Å². The molecule has 0 aliphatic heterocycles. The van der Waals surface area contributed by atoms with Crippen LogP contribution >= 0.6 is 27.7 Å². The Morgan fingerprint density at radius 1 is 1.11 bits per heavy atom. The fourth-order valence-electron chi connectivity index (χ4n) is 1.60. The Labute approximate surface area is 123 Å². The summed E-state index contributed by atoms with van der Waals surface area (Å²) in [5.41, 5.74) is 1.18. The Balaban J connectivity index is 2.07. The number of rotatable bonds is 4. The molecular weight excluding hydrogens is 332 g/mol. The minimum atomic E-state index is -0.485. The van der Waals surface area contributed by atoms with Crippen molar-refractivity contribution >= 4 is 33.4 Å². The molecule has 0 aromatic heterocycles. The zero-order chi connectivity index (χ0) is 13.8. The minimum Gasteiger partial charge on any atom is -0.379 e. The Morgan fingerprint density at radius 3 is 2.42 bits per heavy atom. The number of benzene rings is 2. The van der Waals surface area contributed by atoms with E-state index in [0.29, 0.717) is 6.54 Å². The second kappa shape index (κ2) is 6.39. The molecule has 1 N–H and O–H groups in total. The lowest BCUT2D eigenvalue weighted by Crippen LogP contribution is -2.02. The summed E-state index contributed by atoms with van der Waals surface area (Å²) in [5.74, 6) is -0.962. The number of thioether (sulfide) groups is 1.